The second-order valence-corrected chi connectivity index (χ2v) is 10.6. The van der Waals surface area contributed by atoms with E-state index in [1.54, 1.807) is 0 Å². The molecule has 3 nitrogen and oxygen atoms in total. The molecular formula is C21H31NO2. The van der Waals surface area contributed by atoms with Gasteiger partial charge in [0.05, 0.1) is 11.1 Å². The van der Waals surface area contributed by atoms with Gasteiger partial charge in [-0.15, -0.1) is 0 Å². The summed E-state index contributed by atoms with van der Waals surface area (Å²) in [5.74, 6) is 3.03. The van der Waals surface area contributed by atoms with Crippen LogP contribution < -0.4 is 0 Å². The summed E-state index contributed by atoms with van der Waals surface area (Å²) in [7, 11) is 0. The van der Waals surface area contributed by atoms with Crippen LogP contribution in [-0.4, -0.2) is 11.7 Å². The van der Waals surface area contributed by atoms with Crippen LogP contribution in [0.25, 0.3) is 0 Å². The van der Waals surface area contributed by atoms with E-state index in [0.29, 0.717) is 11.3 Å². The molecule has 6 saturated carbocycles. The molecule has 6 bridgehead atoms. The molecule has 0 aromatic rings. The van der Waals surface area contributed by atoms with Gasteiger partial charge in [0.15, 0.2) is 0 Å². The molecule has 3 heteroatoms. The number of hydrogen-bond acceptors (Lipinski definition) is 3. The Balaban J connectivity index is 1.35. The van der Waals surface area contributed by atoms with Gasteiger partial charge in [-0.25, -0.2) is 4.79 Å². The molecule has 24 heavy (non-hydrogen) atoms. The molecule has 0 aromatic heterocycles. The Morgan fingerprint density at radius 1 is 1.04 bits per heavy atom. The molecule has 0 aliphatic heterocycles. The van der Waals surface area contributed by atoms with Crippen molar-refractivity contribution in [2.24, 2.45) is 45.1 Å². The van der Waals surface area contributed by atoms with Crippen molar-refractivity contribution < 1.29 is 9.63 Å². The first-order valence-corrected chi connectivity index (χ1v) is 10.1. The Morgan fingerprint density at radius 2 is 1.62 bits per heavy atom. The third-order valence-electron chi connectivity index (χ3n) is 9.22. The van der Waals surface area contributed by atoms with E-state index in [1.165, 1.54) is 32.1 Å². The summed E-state index contributed by atoms with van der Waals surface area (Å²) in [6.07, 6.45) is 10.8. The SMILES string of the molecule is CC12CCC(CC1=NOC(=O)C13CC4CC(CC(C4)C1)C3)C2(C)C. The average molecular weight is 329 g/mol. The van der Waals surface area contributed by atoms with Gasteiger partial charge in [-0.1, -0.05) is 25.9 Å². The lowest BCUT2D eigenvalue weighted by Gasteiger charge is -2.54. The maximum absolute atomic E-state index is 13.0. The molecule has 6 rings (SSSR count). The molecule has 6 aliphatic rings. The molecule has 0 amide bonds. The van der Waals surface area contributed by atoms with E-state index in [9.17, 15) is 4.79 Å². The van der Waals surface area contributed by atoms with Gasteiger partial charge in [0.2, 0.25) is 0 Å². The summed E-state index contributed by atoms with van der Waals surface area (Å²) in [6.45, 7) is 7.07. The van der Waals surface area contributed by atoms with Crippen molar-refractivity contribution in [3.63, 3.8) is 0 Å². The quantitative estimate of drug-likeness (QED) is 0.531. The van der Waals surface area contributed by atoms with Crippen LogP contribution in [0.1, 0.15) is 78.6 Å². The van der Waals surface area contributed by atoms with Gasteiger partial charge in [0.1, 0.15) is 0 Å². The lowest BCUT2D eigenvalue weighted by molar-refractivity contribution is -0.171. The lowest BCUT2D eigenvalue weighted by Crippen LogP contribution is -2.50. The molecule has 6 fully saturated rings. The van der Waals surface area contributed by atoms with Crippen molar-refractivity contribution in [3.05, 3.63) is 0 Å². The van der Waals surface area contributed by atoms with Crippen LogP contribution >= 0.6 is 0 Å². The predicted molar refractivity (Wildman–Crippen MR) is 93.4 cm³/mol. The summed E-state index contributed by atoms with van der Waals surface area (Å²) >= 11 is 0. The Hall–Kier alpha value is -0.860. The van der Waals surface area contributed by atoms with Gasteiger partial charge in [-0.3, -0.25) is 0 Å². The van der Waals surface area contributed by atoms with Crippen LogP contribution in [0, 0.1) is 39.9 Å². The maximum Gasteiger partial charge on any atom is 0.341 e. The molecule has 0 N–H and O–H groups in total. The van der Waals surface area contributed by atoms with Crippen molar-refractivity contribution >= 4 is 11.7 Å². The smallest absolute Gasteiger partial charge is 0.318 e. The first kappa shape index (κ1) is 15.4. The van der Waals surface area contributed by atoms with Crippen LogP contribution in [0.15, 0.2) is 5.16 Å². The third kappa shape index (κ3) is 1.85. The molecule has 0 spiro atoms. The number of nitrogens with zero attached hydrogens (tertiary/aromatic N) is 1. The van der Waals surface area contributed by atoms with E-state index in [0.717, 1.165) is 49.1 Å². The molecule has 0 radical (unpaired) electrons. The van der Waals surface area contributed by atoms with Crippen LogP contribution in [-0.2, 0) is 9.63 Å². The third-order valence-corrected chi connectivity index (χ3v) is 9.22. The van der Waals surface area contributed by atoms with Gasteiger partial charge in [-0.2, -0.15) is 0 Å². The Labute approximate surface area is 145 Å². The number of oxime groups is 1. The molecule has 132 valence electrons. The summed E-state index contributed by atoms with van der Waals surface area (Å²) in [5.41, 5.74) is 1.38. The van der Waals surface area contributed by atoms with Gasteiger partial charge in [-0.05, 0) is 86.9 Å². The van der Waals surface area contributed by atoms with Crippen molar-refractivity contribution in [1.82, 2.24) is 0 Å². The summed E-state index contributed by atoms with van der Waals surface area (Å²) in [4.78, 5) is 18.7. The highest BCUT2D eigenvalue weighted by Crippen LogP contribution is 2.64. The highest BCUT2D eigenvalue weighted by Gasteiger charge is 2.61. The summed E-state index contributed by atoms with van der Waals surface area (Å²) in [6, 6.07) is 0. The fourth-order valence-corrected chi connectivity index (χ4v) is 7.62. The first-order valence-electron chi connectivity index (χ1n) is 10.1. The zero-order valence-electron chi connectivity index (χ0n) is 15.4. The normalized spacial score (nSPS) is 52.2. The molecule has 0 saturated heterocycles. The van der Waals surface area contributed by atoms with Crippen LogP contribution in [0.3, 0.4) is 0 Å². The minimum Gasteiger partial charge on any atom is -0.318 e. The number of fused-ring (bicyclic) bond motifs is 2. The Bertz CT molecular complexity index is 584. The van der Waals surface area contributed by atoms with Gasteiger partial charge in [0.25, 0.3) is 0 Å². The van der Waals surface area contributed by atoms with Crippen LogP contribution in [0.5, 0.6) is 0 Å². The fourth-order valence-electron chi connectivity index (χ4n) is 7.62. The Morgan fingerprint density at radius 3 is 2.08 bits per heavy atom. The van der Waals surface area contributed by atoms with E-state index in [2.05, 4.69) is 25.9 Å². The molecule has 2 atom stereocenters. The number of hydrogen-bond donors (Lipinski definition) is 0. The average Bonchev–Trinajstić information content (AvgIpc) is 2.84. The predicted octanol–water partition coefficient (Wildman–Crippen LogP) is 4.95. The summed E-state index contributed by atoms with van der Waals surface area (Å²) < 4.78 is 0. The standard InChI is InChI=1S/C21H31NO2/c1-19(2)16-4-5-20(19,3)17(9-16)22-24-18(23)21-10-13-6-14(11-21)8-15(7-13)12-21/h13-16H,4-12H2,1-3H3. The van der Waals surface area contributed by atoms with Crippen LogP contribution in [0.2, 0.25) is 0 Å². The molecular weight excluding hydrogens is 298 g/mol. The molecule has 0 heterocycles. The van der Waals surface area contributed by atoms with E-state index >= 15 is 0 Å². The van der Waals surface area contributed by atoms with Crippen molar-refractivity contribution in [3.8, 4) is 0 Å². The van der Waals surface area contributed by atoms with Crippen LogP contribution in [0.4, 0.5) is 0 Å². The van der Waals surface area contributed by atoms with Gasteiger partial charge in [0, 0.05) is 5.41 Å². The van der Waals surface area contributed by atoms with Crippen molar-refractivity contribution in [1.29, 1.82) is 0 Å². The van der Waals surface area contributed by atoms with Gasteiger partial charge >= 0.3 is 5.97 Å². The zero-order valence-corrected chi connectivity index (χ0v) is 15.4. The number of carbonyl (C=O) groups is 1. The highest BCUT2D eigenvalue weighted by molar-refractivity contribution is 5.94. The summed E-state index contributed by atoms with van der Waals surface area (Å²) in [5, 5.41) is 4.50. The minimum atomic E-state index is -0.188. The highest BCUT2D eigenvalue weighted by atomic mass is 16.7. The van der Waals surface area contributed by atoms with E-state index in [1.807, 2.05) is 0 Å². The molecule has 2 unspecified atom stereocenters. The Kier molecular flexibility index (Phi) is 2.98. The first-order chi connectivity index (χ1) is 11.3. The zero-order chi connectivity index (χ0) is 16.7. The maximum atomic E-state index is 13.0. The second kappa shape index (κ2) is 4.65. The van der Waals surface area contributed by atoms with E-state index in [4.69, 9.17) is 4.84 Å². The second-order valence-electron chi connectivity index (χ2n) is 10.6. The topological polar surface area (TPSA) is 38.7 Å². The van der Waals surface area contributed by atoms with E-state index in [-0.39, 0.29) is 16.8 Å². The van der Waals surface area contributed by atoms with Gasteiger partial charge < -0.3 is 4.84 Å². The molecule has 6 aliphatic carbocycles. The minimum absolute atomic E-state index is 0.00159. The largest absolute Gasteiger partial charge is 0.341 e. The monoisotopic (exact) mass is 329 g/mol. The molecule has 0 aromatic carbocycles. The number of carbonyl (C=O) groups excluding carboxylic acids is 1. The van der Waals surface area contributed by atoms with E-state index < -0.39 is 0 Å². The van der Waals surface area contributed by atoms with Crippen molar-refractivity contribution in [2.45, 2.75) is 78.6 Å². The lowest BCUT2D eigenvalue weighted by atomic mass is 9.49. The number of rotatable bonds is 2. The fraction of sp³-hybridized carbons (Fsp3) is 0.905. The van der Waals surface area contributed by atoms with Crippen molar-refractivity contribution in [2.75, 3.05) is 0 Å².